The molecule has 0 bridgehead atoms. The van der Waals surface area contributed by atoms with Crippen molar-refractivity contribution >= 4 is 21.4 Å². The fourth-order valence-electron chi connectivity index (χ4n) is 1.61. The third-order valence-corrected chi connectivity index (χ3v) is 3.03. The zero-order valence-corrected chi connectivity index (χ0v) is 14.8. The molecule has 0 aromatic heterocycles. The Balaban J connectivity index is 0.00000242. The van der Waals surface area contributed by atoms with Gasteiger partial charge in [0.15, 0.2) is 5.75 Å². The minimum atomic E-state index is -3.52. The van der Waals surface area contributed by atoms with Crippen molar-refractivity contribution < 1.29 is 49.1 Å². The van der Waals surface area contributed by atoms with E-state index < -0.39 is 14.9 Å². The molecule has 0 saturated carbocycles. The summed E-state index contributed by atoms with van der Waals surface area (Å²) >= 11 is 0. The summed E-state index contributed by atoms with van der Waals surface area (Å²) in [6.45, 7) is 0. The Labute approximate surface area is 151 Å². The fraction of sp³-hybridized carbons (Fsp3) is 0.0769. The van der Waals surface area contributed by atoms with Crippen LogP contribution in [0.2, 0.25) is 0 Å². The Morgan fingerprint density at radius 1 is 1.18 bits per heavy atom. The van der Waals surface area contributed by atoms with Gasteiger partial charge in [-0.25, -0.2) is 8.42 Å². The SMILES string of the molecule is CS(=O)(=O)Nc1ccc([N+](=O)[O-])cc1Oc1ccccc1.[H-].[Na+]. The van der Waals surface area contributed by atoms with Gasteiger partial charge in [0.25, 0.3) is 5.69 Å². The van der Waals surface area contributed by atoms with E-state index in [4.69, 9.17) is 4.74 Å². The summed E-state index contributed by atoms with van der Waals surface area (Å²) in [7, 11) is -3.52. The Hall–Kier alpha value is -1.61. The number of para-hydroxylation sites is 1. The monoisotopic (exact) mass is 332 g/mol. The van der Waals surface area contributed by atoms with Crippen LogP contribution in [0, 0.1) is 10.1 Å². The number of nitrogens with one attached hydrogen (secondary N) is 1. The van der Waals surface area contributed by atoms with Gasteiger partial charge in [0.1, 0.15) is 5.75 Å². The fourth-order valence-corrected chi connectivity index (χ4v) is 2.18. The Morgan fingerprint density at radius 3 is 2.36 bits per heavy atom. The Morgan fingerprint density at radius 2 is 1.82 bits per heavy atom. The number of hydrogen-bond donors (Lipinski definition) is 1. The molecule has 1 N–H and O–H groups in total. The molecule has 0 amide bonds. The third-order valence-electron chi connectivity index (χ3n) is 2.44. The maximum atomic E-state index is 11.3. The number of nitro groups is 1. The van der Waals surface area contributed by atoms with E-state index in [9.17, 15) is 18.5 Å². The smallest absolute Gasteiger partial charge is 1.00 e. The maximum Gasteiger partial charge on any atom is 1.00 e. The Kier molecular flexibility index (Phi) is 6.36. The average molecular weight is 332 g/mol. The van der Waals surface area contributed by atoms with Gasteiger partial charge in [-0.3, -0.25) is 14.8 Å². The van der Waals surface area contributed by atoms with Gasteiger partial charge in [0.05, 0.1) is 22.9 Å². The first-order valence-corrected chi connectivity index (χ1v) is 7.73. The third kappa shape index (κ3) is 5.30. The first-order valence-electron chi connectivity index (χ1n) is 5.84. The van der Waals surface area contributed by atoms with Crippen molar-refractivity contribution in [1.29, 1.82) is 0 Å². The minimum Gasteiger partial charge on any atom is -1.00 e. The van der Waals surface area contributed by atoms with E-state index in [1.54, 1.807) is 30.3 Å². The number of nitrogens with zero attached hydrogens (tertiary/aromatic N) is 1. The van der Waals surface area contributed by atoms with Gasteiger partial charge in [-0.15, -0.1) is 0 Å². The van der Waals surface area contributed by atoms with Crippen LogP contribution in [0.15, 0.2) is 48.5 Å². The zero-order valence-electron chi connectivity index (χ0n) is 13.0. The molecule has 22 heavy (non-hydrogen) atoms. The number of benzene rings is 2. The second kappa shape index (κ2) is 7.59. The van der Waals surface area contributed by atoms with Crippen LogP contribution >= 0.6 is 0 Å². The normalized spacial score (nSPS) is 10.4. The topological polar surface area (TPSA) is 98.5 Å². The number of anilines is 1. The van der Waals surface area contributed by atoms with Crippen LogP contribution in [0.3, 0.4) is 0 Å². The largest absolute Gasteiger partial charge is 1.00 e. The predicted octanol–water partition coefficient (Wildman–Crippen LogP) is -0.125. The summed E-state index contributed by atoms with van der Waals surface area (Å²) in [5.41, 5.74) is -0.0630. The predicted molar refractivity (Wildman–Crippen MR) is 79.2 cm³/mol. The minimum absolute atomic E-state index is 0. The first kappa shape index (κ1) is 18.4. The molecule has 0 aliphatic heterocycles. The van der Waals surface area contributed by atoms with E-state index >= 15 is 0 Å². The standard InChI is InChI=1S/C13H12N2O5S.Na.H/c1-21(18,19)14-12-8-7-10(15(16)17)9-13(12)20-11-5-3-2-4-6-11;;/h2-9,14H,1H3;;/q;+1;-1. The summed E-state index contributed by atoms with van der Waals surface area (Å²) < 4.78 is 30.4. The van der Waals surface area contributed by atoms with Crippen molar-refractivity contribution in [1.82, 2.24) is 0 Å². The molecule has 0 unspecified atom stereocenters. The molecular weight excluding hydrogens is 319 g/mol. The first-order chi connectivity index (χ1) is 9.85. The van der Waals surface area contributed by atoms with Crippen molar-refractivity contribution in [3.63, 3.8) is 0 Å². The molecular formula is C13H13N2NaO5S. The number of non-ortho nitro benzene ring substituents is 1. The second-order valence-corrected chi connectivity index (χ2v) is 5.98. The molecule has 9 heteroatoms. The molecule has 7 nitrogen and oxygen atoms in total. The van der Waals surface area contributed by atoms with Crippen molar-refractivity contribution in [2.45, 2.75) is 0 Å². The van der Waals surface area contributed by atoms with E-state index in [-0.39, 0.29) is 48.1 Å². The van der Waals surface area contributed by atoms with Gasteiger partial charge in [0, 0.05) is 6.07 Å². The zero-order chi connectivity index (χ0) is 15.5. The van der Waals surface area contributed by atoms with Gasteiger partial charge in [-0.05, 0) is 18.2 Å². The van der Waals surface area contributed by atoms with E-state index in [1.165, 1.54) is 18.2 Å². The number of ether oxygens (including phenoxy) is 1. The van der Waals surface area contributed by atoms with Crippen LogP contribution in [-0.4, -0.2) is 19.6 Å². The van der Waals surface area contributed by atoms with E-state index in [0.717, 1.165) is 6.26 Å². The molecule has 0 fully saturated rings. The van der Waals surface area contributed by atoms with E-state index in [2.05, 4.69) is 4.72 Å². The summed E-state index contributed by atoms with van der Waals surface area (Å²) in [5.74, 6) is 0.496. The molecule has 0 spiro atoms. The number of hydrogen-bond acceptors (Lipinski definition) is 5. The van der Waals surface area contributed by atoms with Gasteiger partial charge in [-0.1, -0.05) is 18.2 Å². The number of nitro benzene ring substituents is 1. The van der Waals surface area contributed by atoms with Crippen molar-refractivity contribution in [2.75, 3.05) is 11.0 Å². The number of rotatable bonds is 5. The molecule has 112 valence electrons. The Bertz CT molecular complexity index is 771. The van der Waals surface area contributed by atoms with Crippen molar-refractivity contribution in [3.05, 3.63) is 58.6 Å². The summed E-state index contributed by atoms with van der Waals surface area (Å²) in [6, 6.07) is 12.2. The summed E-state index contributed by atoms with van der Waals surface area (Å²) in [4.78, 5) is 10.2. The summed E-state index contributed by atoms with van der Waals surface area (Å²) in [5, 5.41) is 10.8. The van der Waals surface area contributed by atoms with Crippen molar-refractivity contribution in [3.8, 4) is 11.5 Å². The molecule has 0 saturated heterocycles. The molecule has 2 aromatic rings. The van der Waals surface area contributed by atoms with E-state index in [0.29, 0.717) is 5.75 Å². The molecule has 2 aromatic carbocycles. The second-order valence-electron chi connectivity index (χ2n) is 4.23. The van der Waals surface area contributed by atoms with Crippen LogP contribution in [0.4, 0.5) is 11.4 Å². The molecule has 0 atom stereocenters. The maximum absolute atomic E-state index is 11.3. The molecule has 0 aliphatic rings. The van der Waals surface area contributed by atoms with Crippen molar-refractivity contribution in [2.24, 2.45) is 0 Å². The van der Waals surface area contributed by atoms with Crippen LogP contribution in [-0.2, 0) is 10.0 Å². The molecule has 0 heterocycles. The molecule has 0 radical (unpaired) electrons. The quantitative estimate of drug-likeness (QED) is 0.467. The van der Waals surface area contributed by atoms with Crippen LogP contribution < -0.4 is 39.0 Å². The van der Waals surface area contributed by atoms with Gasteiger partial charge >= 0.3 is 29.6 Å². The van der Waals surface area contributed by atoms with Gasteiger partial charge in [-0.2, -0.15) is 0 Å². The van der Waals surface area contributed by atoms with Crippen LogP contribution in [0.5, 0.6) is 11.5 Å². The van der Waals surface area contributed by atoms with Gasteiger partial charge < -0.3 is 6.16 Å². The number of sulfonamides is 1. The molecule has 2 rings (SSSR count). The molecule has 0 aliphatic carbocycles. The van der Waals surface area contributed by atoms with Crippen LogP contribution in [0.1, 0.15) is 1.43 Å². The van der Waals surface area contributed by atoms with Gasteiger partial charge in [0.2, 0.25) is 10.0 Å². The van der Waals surface area contributed by atoms with Crippen LogP contribution in [0.25, 0.3) is 0 Å². The average Bonchev–Trinajstić information content (AvgIpc) is 2.40. The van der Waals surface area contributed by atoms with E-state index in [1.807, 2.05) is 0 Å². The summed E-state index contributed by atoms with van der Waals surface area (Å²) in [6.07, 6.45) is 0.987.